The first-order valence-electron chi connectivity index (χ1n) is 6.60. The highest BCUT2D eigenvalue weighted by atomic mass is 16.3. The third kappa shape index (κ3) is 2.91. The van der Waals surface area contributed by atoms with E-state index in [1.165, 1.54) is 0 Å². The maximum atomic E-state index is 12.2. The van der Waals surface area contributed by atoms with Crippen LogP contribution in [0.2, 0.25) is 0 Å². The molecule has 0 saturated heterocycles. The average molecular weight is 247 g/mol. The van der Waals surface area contributed by atoms with Crippen LogP contribution in [0.3, 0.4) is 0 Å². The third-order valence-electron chi connectivity index (χ3n) is 3.69. The molecule has 1 aliphatic carbocycles. The number of hydrogen-bond acceptors (Lipinski definition) is 2. The molecule has 0 spiro atoms. The maximum Gasteiger partial charge on any atom is 0.251 e. The smallest absolute Gasteiger partial charge is 0.251 e. The molecule has 1 amide bonds. The number of amides is 1. The Morgan fingerprint density at radius 1 is 1.28 bits per heavy atom. The molecule has 2 atom stereocenters. The van der Waals surface area contributed by atoms with Gasteiger partial charge in [-0.15, -0.1) is 0 Å². The topological polar surface area (TPSA) is 49.3 Å². The Kier molecular flexibility index (Phi) is 4.02. The predicted molar refractivity (Wildman–Crippen MR) is 71.6 cm³/mol. The molecule has 3 heteroatoms. The monoisotopic (exact) mass is 247 g/mol. The van der Waals surface area contributed by atoms with Gasteiger partial charge in [0.2, 0.25) is 0 Å². The van der Waals surface area contributed by atoms with Gasteiger partial charge in [0.1, 0.15) is 0 Å². The number of aryl methyl sites for hydroxylation is 2. The van der Waals surface area contributed by atoms with Crippen molar-refractivity contribution in [3.05, 3.63) is 34.9 Å². The minimum absolute atomic E-state index is 0.0212. The highest BCUT2D eigenvalue weighted by Gasteiger charge is 2.28. The van der Waals surface area contributed by atoms with E-state index in [0.717, 1.165) is 36.0 Å². The van der Waals surface area contributed by atoms with Gasteiger partial charge in [-0.2, -0.15) is 0 Å². The number of hydrogen-bond donors (Lipinski definition) is 2. The van der Waals surface area contributed by atoms with Crippen molar-refractivity contribution in [3.63, 3.8) is 0 Å². The number of carbonyl (C=O) groups is 1. The van der Waals surface area contributed by atoms with Gasteiger partial charge in [-0.25, -0.2) is 0 Å². The lowest BCUT2D eigenvalue weighted by molar-refractivity contribution is 0.0916. The molecule has 2 unspecified atom stereocenters. The van der Waals surface area contributed by atoms with Crippen molar-refractivity contribution in [2.45, 2.75) is 39.2 Å². The SMILES string of the molecule is Cc1cc(C)cc(C(=O)NC2CCCC2CO)c1. The highest BCUT2D eigenvalue weighted by Crippen LogP contribution is 2.25. The minimum Gasteiger partial charge on any atom is -0.396 e. The molecule has 3 nitrogen and oxygen atoms in total. The van der Waals surface area contributed by atoms with Crippen LogP contribution in [0.1, 0.15) is 40.7 Å². The Labute approximate surface area is 108 Å². The molecule has 98 valence electrons. The number of aliphatic hydroxyl groups is 1. The first-order chi connectivity index (χ1) is 8.60. The number of aliphatic hydroxyl groups excluding tert-OH is 1. The Bertz CT molecular complexity index is 422. The zero-order chi connectivity index (χ0) is 13.1. The quantitative estimate of drug-likeness (QED) is 0.860. The second-order valence-electron chi connectivity index (χ2n) is 5.33. The van der Waals surface area contributed by atoms with Gasteiger partial charge in [-0.05, 0) is 38.8 Å². The molecule has 1 fully saturated rings. The molecule has 0 radical (unpaired) electrons. The van der Waals surface area contributed by atoms with Crippen LogP contribution in [-0.4, -0.2) is 23.7 Å². The molecule has 2 N–H and O–H groups in total. The van der Waals surface area contributed by atoms with Gasteiger partial charge in [0.05, 0.1) is 0 Å². The highest BCUT2D eigenvalue weighted by molar-refractivity contribution is 5.94. The van der Waals surface area contributed by atoms with E-state index in [1.807, 2.05) is 26.0 Å². The summed E-state index contributed by atoms with van der Waals surface area (Å²) in [6, 6.07) is 6.00. The van der Waals surface area contributed by atoms with E-state index in [0.29, 0.717) is 0 Å². The zero-order valence-electron chi connectivity index (χ0n) is 11.1. The lowest BCUT2D eigenvalue weighted by atomic mass is 10.0. The minimum atomic E-state index is -0.0212. The molecule has 18 heavy (non-hydrogen) atoms. The molecule has 1 aromatic rings. The first-order valence-corrected chi connectivity index (χ1v) is 6.60. The summed E-state index contributed by atoms with van der Waals surface area (Å²) in [5.41, 5.74) is 2.92. The summed E-state index contributed by atoms with van der Waals surface area (Å²) in [6.45, 7) is 4.16. The second kappa shape index (κ2) is 5.53. The predicted octanol–water partition coefficient (Wildman–Crippen LogP) is 2.19. The summed E-state index contributed by atoms with van der Waals surface area (Å²) >= 11 is 0. The van der Waals surface area contributed by atoms with Gasteiger partial charge >= 0.3 is 0 Å². The van der Waals surface area contributed by atoms with E-state index >= 15 is 0 Å². The molecule has 0 bridgehead atoms. The van der Waals surface area contributed by atoms with Crippen LogP contribution in [0.4, 0.5) is 0 Å². The first kappa shape index (κ1) is 13.1. The van der Waals surface area contributed by atoms with E-state index in [4.69, 9.17) is 0 Å². The van der Waals surface area contributed by atoms with Crippen LogP contribution in [0.15, 0.2) is 18.2 Å². The van der Waals surface area contributed by atoms with Crippen LogP contribution in [0.5, 0.6) is 0 Å². The lowest BCUT2D eigenvalue weighted by Crippen LogP contribution is -2.38. The average Bonchev–Trinajstić information content (AvgIpc) is 2.75. The molecule has 0 aromatic heterocycles. The Morgan fingerprint density at radius 2 is 1.94 bits per heavy atom. The summed E-state index contributed by atoms with van der Waals surface area (Å²) in [6.07, 6.45) is 3.07. The summed E-state index contributed by atoms with van der Waals surface area (Å²) in [4.78, 5) is 12.2. The Morgan fingerprint density at radius 3 is 2.56 bits per heavy atom. The van der Waals surface area contributed by atoms with Crippen LogP contribution in [0.25, 0.3) is 0 Å². The number of carbonyl (C=O) groups excluding carboxylic acids is 1. The molecule has 1 aliphatic rings. The fourth-order valence-corrected chi connectivity index (χ4v) is 2.80. The number of benzene rings is 1. The second-order valence-corrected chi connectivity index (χ2v) is 5.33. The molecule has 0 heterocycles. The summed E-state index contributed by atoms with van der Waals surface area (Å²) in [7, 11) is 0. The van der Waals surface area contributed by atoms with E-state index in [9.17, 15) is 9.90 Å². The fourth-order valence-electron chi connectivity index (χ4n) is 2.80. The Hall–Kier alpha value is -1.35. The van der Waals surface area contributed by atoms with E-state index in [1.54, 1.807) is 0 Å². The maximum absolute atomic E-state index is 12.2. The standard InChI is InChI=1S/C15H21NO2/c1-10-6-11(2)8-13(7-10)15(18)16-14-5-3-4-12(14)9-17/h6-8,12,14,17H,3-5,9H2,1-2H3,(H,16,18). The van der Waals surface area contributed by atoms with Crippen LogP contribution < -0.4 is 5.32 Å². The molecule has 1 aromatic carbocycles. The fraction of sp³-hybridized carbons (Fsp3) is 0.533. The lowest BCUT2D eigenvalue weighted by Gasteiger charge is -2.19. The van der Waals surface area contributed by atoms with Crippen molar-refractivity contribution in [3.8, 4) is 0 Å². The van der Waals surface area contributed by atoms with E-state index in [-0.39, 0.29) is 24.5 Å². The van der Waals surface area contributed by atoms with Crippen molar-refractivity contribution in [2.24, 2.45) is 5.92 Å². The van der Waals surface area contributed by atoms with Gasteiger partial charge in [0, 0.05) is 24.1 Å². The normalized spacial score (nSPS) is 23.1. The largest absolute Gasteiger partial charge is 0.396 e. The zero-order valence-corrected chi connectivity index (χ0v) is 11.1. The number of nitrogens with one attached hydrogen (secondary N) is 1. The molecule has 1 saturated carbocycles. The molecule has 2 rings (SSSR count). The summed E-state index contributed by atoms with van der Waals surface area (Å²) in [5, 5.41) is 12.3. The summed E-state index contributed by atoms with van der Waals surface area (Å²) < 4.78 is 0. The molecular weight excluding hydrogens is 226 g/mol. The Balaban J connectivity index is 2.07. The van der Waals surface area contributed by atoms with Gasteiger partial charge in [-0.1, -0.05) is 23.6 Å². The van der Waals surface area contributed by atoms with Crippen molar-refractivity contribution >= 4 is 5.91 Å². The van der Waals surface area contributed by atoms with Gasteiger partial charge in [-0.3, -0.25) is 4.79 Å². The van der Waals surface area contributed by atoms with Crippen molar-refractivity contribution in [1.29, 1.82) is 0 Å². The number of rotatable bonds is 3. The van der Waals surface area contributed by atoms with Gasteiger partial charge in [0.15, 0.2) is 0 Å². The molecule has 0 aliphatic heterocycles. The van der Waals surface area contributed by atoms with Crippen molar-refractivity contribution in [1.82, 2.24) is 5.32 Å². The van der Waals surface area contributed by atoms with Crippen LogP contribution in [-0.2, 0) is 0 Å². The van der Waals surface area contributed by atoms with E-state index in [2.05, 4.69) is 11.4 Å². The van der Waals surface area contributed by atoms with Crippen molar-refractivity contribution in [2.75, 3.05) is 6.61 Å². The van der Waals surface area contributed by atoms with Gasteiger partial charge in [0.25, 0.3) is 5.91 Å². The van der Waals surface area contributed by atoms with Crippen LogP contribution >= 0.6 is 0 Å². The van der Waals surface area contributed by atoms with Crippen molar-refractivity contribution < 1.29 is 9.90 Å². The molecular formula is C15H21NO2. The third-order valence-corrected chi connectivity index (χ3v) is 3.69. The van der Waals surface area contributed by atoms with Gasteiger partial charge < -0.3 is 10.4 Å². The van der Waals surface area contributed by atoms with E-state index < -0.39 is 0 Å². The van der Waals surface area contributed by atoms with Crippen LogP contribution in [0, 0.1) is 19.8 Å². The summed E-state index contributed by atoms with van der Waals surface area (Å²) in [5.74, 6) is 0.201.